The van der Waals surface area contributed by atoms with Crippen LogP contribution in [0.2, 0.25) is 0 Å². The van der Waals surface area contributed by atoms with E-state index < -0.39 is 0 Å². The van der Waals surface area contributed by atoms with Gasteiger partial charge in [0.1, 0.15) is 0 Å². The van der Waals surface area contributed by atoms with Crippen LogP contribution in [0.25, 0.3) is 0 Å². The molecule has 0 aliphatic carbocycles. The molecule has 2 saturated heterocycles. The predicted octanol–water partition coefficient (Wildman–Crippen LogP) is 1.48. The minimum Gasteiger partial charge on any atom is -0.354 e. The van der Waals surface area contributed by atoms with Crippen molar-refractivity contribution in [2.45, 2.75) is 25.3 Å². The Morgan fingerprint density at radius 2 is 2.23 bits per heavy atom. The molecule has 2 fully saturated rings. The summed E-state index contributed by atoms with van der Waals surface area (Å²) in [4.78, 5) is 29.3. The summed E-state index contributed by atoms with van der Waals surface area (Å²) in [6, 6.07) is 4.48. The normalized spacial score (nSPS) is 24.0. The van der Waals surface area contributed by atoms with Crippen LogP contribution < -0.4 is 5.32 Å². The molecule has 1 N–H and O–H groups in total. The highest BCUT2D eigenvalue weighted by atomic mass is 32.1. The number of hydrogen-bond acceptors (Lipinski definition) is 4. The zero-order valence-corrected chi connectivity index (χ0v) is 13.8. The van der Waals surface area contributed by atoms with E-state index >= 15 is 0 Å². The number of thiophene rings is 1. The van der Waals surface area contributed by atoms with E-state index in [0.29, 0.717) is 19.5 Å². The van der Waals surface area contributed by atoms with E-state index in [0.717, 1.165) is 13.1 Å². The van der Waals surface area contributed by atoms with Crippen LogP contribution in [0, 0.1) is 5.92 Å². The molecular formula is C16H23N3O2S. The van der Waals surface area contributed by atoms with Crippen LogP contribution in [-0.4, -0.2) is 54.8 Å². The lowest BCUT2D eigenvalue weighted by molar-refractivity contribution is -0.128. The van der Waals surface area contributed by atoms with Crippen molar-refractivity contribution in [3.8, 4) is 0 Å². The molecule has 0 bridgehead atoms. The monoisotopic (exact) mass is 321 g/mol. The molecule has 120 valence electrons. The van der Waals surface area contributed by atoms with Crippen LogP contribution in [-0.2, 0) is 9.59 Å². The zero-order chi connectivity index (χ0) is 15.5. The van der Waals surface area contributed by atoms with E-state index in [1.807, 2.05) is 0 Å². The summed E-state index contributed by atoms with van der Waals surface area (Å²) in [6.07, 6.45) is 2.81. The molecule has 22 heavy (non-hydrogen) atoms. The lowest BCUT2D eigenvalue weighted by atomic mass is 10.1. The molecule has 0 spiro atoms. The summed E-state index contributed by atoms with van der Waals surface area (Å²) in [5, 5.41) is 5.17. The summed E-state index contributed by atoms with van der Waals surface area (Å²) in [6.45, 7) is 3.37. The molecule has 3 rings (SSSR count). The highest BCUT2D eigenvalue weighted by molar-refractivity contribution is 7.10. The Hall–Kier alpha value is -1.40. The van der Waals surface area contributed by atoms with Gasteiger partial charge in [-0.3, -0.25) is 14.5 Å². The maximum atomic E-state index is 12.3. The van der Waals surface area contributed by atoms with Crippen LogP contribution in [0.15, 0.2) is 17.5 Å². The molecule has 0 unspecified atom stereocenters. The Morgan fingerprint density at radius 1 is 1.45 bits per heavy atom. The molecule has 3 heterocycles. The second-order valence-electron chi connectivity index (χ2n) is 6.19. The second-order valence-corrected chi connectivity index (χ2v) is 7.17. The van der Waals surface area contributed by atoms with Crippen molar-refractivity contribution in [3.63, 3.8) is 0 Å². The van der Waals surface area contributed by atoms with Crippen molar-refractivity contribution in [1.29, 1.82) is 0 Å². The molecule has 6 heteroatoms. The van der Waals surface area contributed by atoms with Crippen LogP contribution in [0.1, 0.15) is 30.2 Å². The van der Waals surface area contributed by atoms with Gasteiger partial charge in [0.2, 0.25) is 11.8 Å². The van der Waals surface area contributed by atoms with Crippen LogP contribution in [0.4, 0.5) is 0 Å². The minimum absolute atomic E-state index is 0.0125. The smallest absolute Gasteiger partial charge is 0.225 e. The number of nitrogens with one attached hydrogen (secondary N) is 1. The van der Waals surface area contributed by atoms with E-state index in [4.69, 9.17) is 0 Å². The van der Waals surface area contributed by atoms with Gasteiger partial charge in [0.25, 0.3) is 0 Å². The third-order valence-corrected chi connectivity index (χ3v) is 5.61. The summed E-state index contributed by atoms with van der Waals surface area (Å²) < 4.78 is 0. The van der Waals surface area contributed by atoms with Crippen molar-refractivity contribution >= 4 is 23.2 Å². The number of amides is 2. The molecule has 0 saturated carbocycles. The van der Waals surface area contributed by atoms with Crippen molar-refractivity contribution in [1.82, 2.24) is 15.1 Å². The second kappa shape index (κ2) is 6.79. The number of rotatable bonds is 5. The van der Waals surface area contributed by atoms with Gasteiger partial charge in [-0.25, -0.2) is 0 Å². The van der Waals surface area contributed by atoms with Gasteiger partial charge in [-0.15, -0.1) is 11.3 Å². The van der Waals surface area contributed by atoms with E-state index in [-0.39, 0.29) is 23.8 Å². The van der Waals surface area contributed by atoms with Gasteiger partial charge < -0.3 is 10.2 Å². The maximum absolute atomic E-state index is 12.3. The van der Waals surface area contributed by atoms with E-state index in [1.165, 1.54) is 17.7 Å². The van der Waals surface area contributed by atoms with Crippen molar-refractivity contribution in [2.75, 3.05) is 33.2 Å². The molecule has 2 aliphatic rings. The van der Waals surface area contributed by atoms with Crippen LogP contribution in [0.3, 0.4) is 0 Å². The molecule has 0 radical (unpaired) electrons. The molecule has 2 amide bonds. The van der Waals surface area contributed by atoms with Crippen LogP contribution >= 0.6 is 11.3 Å². The fourth-order valence-corrected chi connectivity index (χ4v) is 4.19. The summed E-state index contributed by atoms with van der Waals surface area (Å²) in [5.74, 6) is -0.118. The zero-order valence-electron chi connectivity index (χ0n) is 13.0. The SMILES string of the molecule is CN1C[C@H](C(=O)NC[C@H](c2cccs2)N2CCCC2)CC1=O. The number of carbonyl (C=O) groups is 2. The van der Waals surface area contributed by atoms with E-state index in [1.54, 1.807) is 23.3 Å². The lowest BCUT2D eigenvalue weighted by Crippen LogP contribution is -2.39. The first kappa shape index (κ1) is 15.5. The van der Waals surface area contributed by atoms with Gasteiger partial charge >= 0.3 is 0 Å². The van der Waals surface area contributed by atoms with Gasteiger partial charge in [0.15, 0.2) is 0 Å². The molecule has 1 aromatic rings. The average Bonchev–Trinajstić information content (AvgIpc) is 3.23. The Labute approximate surface area is 135 Å². The molecule has 2 aliphatic heterocycles. The van der Waals surface area contributed by atoms with Gasteiger partial charge in [-0.2, -0.15) is 0 Å². The minimum atomic E-state index is -0.194. The summed E-state index contributed by atoms with van der Waals surface area (Å²) in [7, 11) is 1.76. The Kier molecular flexibility index (Phi) is 4.78. The van der Waals surface area contributed by atoms with Gasteiger partial charge in [0, 0.05) is 31.4 Å². The highest BCUT2D eigenvalue weighted by Gasteiger charge is 2.33. The van der Waals surface area contributed by atoms with Gasteiger partial charge in [-0.1, -0.05) is 6.07 Å². The topological polar surface area (TPSA) is 52.7 Å². The van der Waals surface area contributed by atoms with Crippen molar-refractivity contribution in [3.05, 3.63) is 22.4 Å². The lowest BCUT2D eigenvalue weighted by Gasteiger charge is -2.27. The number of carbonyl (C=O) groups excluding carboxylic acids is 2. The molecule has 2 atom stereocenters. The molecule has 5 nitrogen and oxygen atoms in total. The Bertz CT molecular complexity index is 526. The summed E-state index contributed by atoms with van der Waals surface area (Å²) in [5.41, 5.74) is 0. The third kappa shape index (κ3) is 3.33. The first-order chi connectivity index (χ1) is 10.6. The van der Waals surface area contributed by atoms with E-state index in [2.05, 4.69) is 27.7 Å². The van der Waals surface area contributed by atoms with Crippen molar-refractivity contribution in [2.24, 2.45) is 5.92 Å². The van der Waals surface area contributed by atoms with Gasteiger partial charge in [-0.05, 0) is 37.4 Å². The van der Waals surface area contributed by atoms with Gasteiger partial charge in [0.05, 0.1) is 12.0 Å². The molecular weight excluding hydrogens is 298 g/mol. The number of likely N-dealkylation sites (tertiary alicyclic amines) is 2. The molecule has 1 aromatic heterocycles. The largest absolute Gasteiger partial charge is 0.354 e. The summed E-state index contributed by atoms with van der Waals surface area (Å²) >= 11 is 1.75. The predicted molar refractivity (Wildman–Crippen MR) is 86.6 cm³/mol. The fourth-order valence-electron chi connectivity index (χ4n) is 3.32. The Balaban J connectivity index is 1.59. The van der Waals surface area contributed by atoms with Crippen LogP contribution in [0.5, 0.6) is 0 Å². The first-order valence-electron chi connectivity index (χ1n) is 7.94. The maximum Gasteiger partial charge on any atom is 0.225 e. The van der Waals surface area contributed by atoms with E-state index in [9.17, 15) is 9.59 Å². The third-order valence-electron chi connectivity index (χ3n) is 4.63. The number of nitrogens with zero attached hydrogens (tertiary/aromatic N) is 2. The first-order valence-corrected chi connectivity index (χ1v) is 8.82. The highest BCUT2D eigenvalue weighted by Crippen LogP contribution is 2.28. The van der Waals surface area contributed by atoms with Crippen molar-refractivity contribution < 1.29 is 9.59 Å². The molecule has 0 aromatic carbocycles. The standard InChI is InChI=1S/C16H23N3O2S/c1-18-11-12(9-15(18)20)16(21)17-10-13(14-5-4-8-22-14)19-6-2-3-7-19/h4-5,8,12-13H,2-3,6-7,9-11H2,1H3,(H,17,21)/t12-,13-/m1/s1. The Morgan fingerprint density at radius 3 is 2.82 bits per heavy atom. The fraction of sp³-hybridized carbons (Fsp3) is 0.625. The quantitative estimate of drug-likeness (QED) is 0.894. The number of hydrogen-bond donors (Lipinski definition) is 1. The average molecular weight is 321 g/mol.